The smallest absolute Gasteiger partial charge is 0.161 e. The number of aromatic nitrogens is 2. The molecule has 4 aliphatic carbocycles. The molecular weight excluding hydrogens is 440 g/mol. The topological polar surface area (TPSA) is 79.7 Å². The molecule has 1 atom stereocenters. The van der Waals surface area contributed by atoms with Crippen molar-refractivity contribution < 1.29 is 14.6 Å². The molecule has 2 aromatic rings. The molecule has 1 aromatic heterocycles. The minimum absolute atomic E-state index is 0.130. The highest BCUT2D eigenvalue weighted by atomic mass is 16.5. The molecule has 7 rings (SSSR count). The predicted molar refractivity (Wildman–Crippen MR) is 134 cm³/mol. The molecule has 7 heteroatoms. The Kier molecular flexibility index (Phi) is 6.09. The molecule has 35 heavy (non-hydrogen) atoms. The molecule has 4 saturated carbocycles. The predicted octanol–water partition coefficient (Wildman–Crippen LogP) is 4.04. The molecule has 4 bridgehead atoms. The summed E-state index contributed by atoms with van der Waals surface area (Å²) in [6.45, 7) is 3.15. The highest BCUT2D eigenvalue weighted by Gasteiger charge is 2.53. The van der Waals surface area contributed by atoms with Crippen LogP contribution >= 0.6 is 0 Å². The molecule has 1 aromatic carbocycles. The lowest BCUT2D eigenvalue weighted by Gasteiger charge is -2.58. The number of hydrogen-bond donors (Lipinski definition) is 2. The van der Waals surface area contributed by atoms with E-state index in [4.69, 9.17) is 9.47 Å². The molecule has 0 amide bonds. The fourth-order valence-corrected chi connectivity index (χ4v) is 7.93. The van der Waals surface area contributed by atoms with Gasteiger partial charge in [0.2, 0.25) is 0 Å². The molecule has 0 radical (unpaired) electrons. The summed E-state index contributed by atoms with van der Waals surface area (Å²) in [4.78, 5) is 11.6. The fourth-order valence-electron chi connectivity index (χ4n) is 7.93. The molecular formula is C28H38N4O3. The number of anilines is 1. The van der Waals surface area contributed by atoms with Crippen molar-refractivity contribution in [2.45, 2.75) is 64.1 Å². The maximum absolute atomic E-state index is 11.3. The van der Waals surface area contributed by atoms with Crippen molar-refractivity contribution in [2.24, 2.45) is 23.2 Å². The lowest BCUT2D eigenvalue weighted by atomic mass is 9.48. The highest BCUT2D eigenvalue weighted by Crippen LogP contribution is 2.61. The van der Waals surface area contributed by atoms with E-state index in [1.54, 1.807) is 20.5 Å². The summed E-state index contributed by atoms with van der Waals surface area (Å²) in [7, 11) is 3.33. The maximum Gasteiger partial charge on any atom is 0.161 e. The average Bonchev–Trinajstić information content (AvgIpc) is 2.86. The molecule has 5 aliphatic rings. The minimum atomic E-state index is -0.299. The van der Waals surface area contributed by atoms with Gasteiger partial charge in [-0.1, -0.05) is 6.07 Å². The van der Waals surface area contributed by atoms with Gasteiger partial charge in [-0.25, -0.2) is 9.97 Å². The number of nitrogens with zero attached hydrogens (tertiary/aromatic N) is 3. The molecule has 188 valence electrons. The first-order valence-electron chi connectivity index (χ1n) is 13.2. The zero-order chi connectivity index (χ0) is 24.0. The van der Waals surface area contributed by atoms with E-state index in [9.17, 15) is 5.11 Å². The van der Waals surface area contributed by atoms with Gasteiger partial charge in [0, 0.05) is 31.7 Å². The third-order valence-electron chi connectivity index (χ3n) is 9.20. The Labute approximate surface area is 208 Å². The van der Waals surface area contributed by atoms with Gasteiger partial charge >= 0.3 is 0 Å². The second-order valence-electron chi connectivity index (χ2n) is 11.5. The Hall–Kier alpha value is -2.38. The summed E-state index contributed by atoms with van der Waals surface area (Å²) in [5.74, 6) is 4.95. The second-order valence-corrected chi connectivity index (χ2v) is 11.5. The van der Waals surface area contributed by atoms with Crippen molar-refractivity contribution in [3.63, 3.8) is 0 Å². The molecule has 0 spiro atoms. The van der Waals surface area contributed by atoms with Crippen LogP contribution in [0.5, 0.6) is 11.5 Å². The molecule has 4 fully saturated rings. The number of rotatable bonds is 8. The molecule has 1 aliphatic heterocycles. The Bertz CT molecular complexity index is 1040. The number of fused-ring (bicyclic) bond motifs is 1. The third kappa shape index (κ3) is 4.38. The zero-order valence-electron chi connectivity index (χ0n) is 21.0. The largest absolute Gasteiger partial charge is 0.493 e. The Morgan fingerprint density at radius 2 is 1.77 bits per heavy atom. The SMILES string of the molecule is COc1ccc(CN2CCc3c(ncnc3NCC(O)C34CC5CC(CC(C5)C3)C4)C2)cc1OC. The van der Waals surface area contributed by atoms with Crippen LogP contribution in [0.3, 0.4) is 0 Å². The van der Waals surface area contributed by atoms with Gasteiger partial charge in [0.25, 0.3) is 0 Å². The first-order chi connectivity index (χ1) is 17.0. The van der Waals surface area contributed by atoms with Crippen molar-refractivity contribution in [2.75, 3.05) is 32.6 Å². The van der Waals surface area contributed by atoms with Gasteiger partial charge in [0.1, 0.15) is 12.1 Å². The number of hydrogen-bond acceptors (Lipinski definition) is 7. The quantitative estimate of drug-likeness (QED) is 0.593. The summed E-state index contributed by atoms with van der Waals surface area (Å²) < 4.78 is 10.8. The number of benzene rings is 1. The summed E-state index contributed by atoms with van der Waals surface area (Å²) in [5, 5.41) is 14.9. The lowest BCUT2D eigenvalue weighted by molar-refractivity contribution is -0.115. The van der Waals surface area contributed by atoms with Crippen LogP contribution < -0.4 is 14.8 Å². The molecule has 1 unspecified atom stereocenters. The summed E-state index contributed by atoms with van der Waals surface area (Å²) >= 11 is 0. The number of ether oxygens (including phenoxy) is 2. The van der Waals surface area contributed by atoms with E-state index < -0.39 is 0 Å². The Balaban J connectivity index is 1.10. The van der Waals surface area contributed by atoms with Gasteiger partial charge in [-0.2, -0.15) is 0 Å². The fraction of sp³-hybridized carbons (Fsp3) is 0.643. The first kappa shape index (κ1) is 23.0. The van der Waals surface area contributed by atoms with E-state index in [1.807, 2.05) is 12.1 Å². The number of aliphatic hydroxyl groups excluding tert-OH is 1. The lowest BCUT2D eigenvalue weighted by Crippen LogP contribution is -2.53. The first-order valence-corrected chi connectivity index (χ1v) is 13.2. The zero-order valence-corrected chi connectivity index (χ0v) is 21.0. The van der Waals surface area contributed by atoms with Crippen LogP contribution in [0.25, 0.3) is 0 Å². The minimum Gasteiger partial charge on any atom is -0.493 e. The van der Waals surface area contributed by atoms with Crippen LogP contribution in [-0.2, 0) is 19.5 Å². The monoisotopic (exact) mass is 478 g/mol. The summed E-state index contributed by atoms with van der Waals surface area (Å²) in [5.41, 5.74) is 3.61. The molecule has 0 saturated heterocycles. The van der Waals surface area contributed by atoms with Crippen molar-refractivity contribution in [3.8, 4) is 11.5 Å². The normalized spacial score (nSPS) is 30.1. The molecule has 7 nitrogen and oxygen atoms in total. The van der Waals surface area contributed by atoms with Gasteiger partial charge in [0.15, 0.2) is 11.5 Å². The van der Waals surface area contributed by atoms with Crippen LogP contribution in [0.15, 0.2) is 24.5 Å². The Morgan fingerprint density at radius 1 is 1.06 bits per heavy atom. The van der Waals surface area contributed by atoms with E-state index in [0.717, 1.165) is 66.8 Å². The van der Waals surface area contributed by atoms with Gasteiger partial charge in [-0.05, 0) is 85.8 Å². The van der Waals surface area contributed by atoms with Crippen LogP contribution in [0.1, 0.15) is 55.3 Å². The van der Waals surface area contributed by atoms with E-state index >= 15 is 0 Å². The van der Waals surface area contributed by atoms with Crippen molar-refractivity contribution in [3.05, 3.63) is 41.3 Å². The average molecular weight is 479 g/mol. The van der Waals surface area contributed by atoms with Gasteiger partial charge in [-0.3, -0.25) is 4.90 Å². The van der Waals surface area contributed by atoms with Crippen LogP contribution in [0.4, 0.5) is 5.82 Å². The Morgan fingerprint density at radius 3 is 2.46 bits per heavy atom. The summed E-state index contributed by atoms with van der Waals surface area (Å²) in [6, 6.07) is 6.11. The third-order valence-corrected chi connectivity index (χ3v) is 9.20. The van der Waals surface area contributed by atoms with E-state index in [1.165, 1.54) is 49.7 Å². The number of aliphatic hydroxyl groups is 1. The van der Waals surface area contributed by atoms with Crippen LogP contribution in [-0.4, -0.2) is 53.4 Å². The van der Waals surface area contributed by atoms with E-state index in [2.05, 4.69) is 26.3 Å². The van der Waals surface area contributed by atoms with Crippen molar-refractivity contribution in [1.29, 1.82) is 0 Å². The van der Waals surface area contributed by atoms with Crippen LogP contribution in [0.2, 0.25) is 0 Å². The maximum atomic E-state index is 11.3. The van der Waals surface area contributed by atoms with Crippen molar-refractivity contribution in [1.82, 2.24) is 14.9 Å². The van der Waals surface area contributed by atoms with E-state index in [-0.39, 0.29) is 11.5 Å². The number of nitrogens with one attached hydrogen (secondary N) is 1. The van der Waals surface area contributed by atoms with Gasteiger partial charge < -0.3 is 19.9 Å². The van der Waals surface area contributed by atoms with Crippen LogP contribution in [0, 0.1) is 23.2 Å². The summed E-state index contributed by atoms with van der Waals surface area (Å²) in [6.07, 6.45) is 10.1. The second kappa shape index (κ2) is 9.25. The molecule has 2 heterocycles. The highest BCUT2D eigenvalue weighted by molar-refractivity contribution is 5.47. The number of methoxy groups -OCH3 is 2. The van der Waals surface area contributed by atoms with Gasteiger partial charge in [-0.15, -0.1) is 0 Å². The van der Waals surface area contributed by atoms with E-state index in [0.29, 0.717) is 6.54 Å². The van der Waals surface area contributed by atoms with Gasteiger partial charge in [0.05, 0.1) is 26.0 Å². The van der Waals surface area contributed by atoms with Crippen molar-refractivity contribution >= 4 is 5.82 Å². The standard InChI is InChI=1S/C28H38N4O3/c1-34-24-4-3-18(10-25(24)35-2)15-32-6-5-22-23(16-32)30-17-31-27(22)29-14-26(33)28-11-19-7-20(12-28)9-21(8-19)13-28/h3-4,10,17,19-21,26,33H,5-9,11-16H2,1-2H3,(H,29,30,31). The molecule has 2 N–H and O–H groups in total.